The Hall–Kier alpha value is -2.07. The van der Waals surface area contributed by atoms with E-state index in [1.807, 2.05) is 24.8 Å². The van der Waals surface area contributed by atoms with Crippen molar-refractivity contribution < 1.29 is 19.4 Å². The third kappa shape index (κ3) is 7.66. The Labute approximate surface area is 136 Å². The van der Waals surface area contributed by atoms with Crippen molar-refractivity contribution in [3.8, 4) is 6.07 Å². The molecule has 2 atom stereocenters. The Bertz CT molecular complexity index is 474. The Morgan fingerprint density at radius 2 is 1.96 bits per heavy atom. The lowest BCUT2D eigenvalue weighted by molar-refractivity contribution is -0.137. The van der Waals surface area contributed by atoms with Gasteiger partial charge in [0.05, 0.1) is 12.2 Å². The van der Waals surface area contributed by atoms with Gasteiger partial charge in [-0.2, -0.15) is 5.26 Å². The number of carbonyl (C=O) groups excluding carboxylic acids is 1. The molecule has 1 heterocycles. The summed E-state index contributed by atoms with van der Waals surface area (Å²) in [4.78, 5) is 24.3. The second-order valence-electron chi connectivity index (χ2n) is 5.83. The molecule has 1 fully saturated rings. The number of nitrogens with zero attached hydrogens (tertiary/aromatic N) is 2. The van der Waals surface area contributed by atoms with Gasteiger partial charge in [-0.1, -0.05) is 6.42 Å². The summed E-state index contributed by atoms with van der Waals surface area (Å²) < 4.78 is 5.62. The van der Waals surface area contributed by atoms with Gasteiger partial charge >= 0.3 is 5.97 Å². The first kappa shape index (κ1) is 19.0. The van der Waals surface area contributed by atoms with E-state index in [4.69, 9.17) is 15.1 Å². The van der Waals surface area contributed by atoms with Crippen LogP contribution in [0.3, 0.4) is 0 Å². The van der Waals surface area contributed by atoms with E-state index in [2.05, 4.69) is 5.32 Å². The molecule has 7 heteroatoms. The average molecular weight is 323 g/mol. The molecule has 1 aliphatic heterocycles. The molecule has 0 bridgehead atoms. The van der Waals surface area contributed by atoms with E-state index in [1.54, 1.807) is 6.20 Å². The minimum absolute atomic E-state index is 0.0623. The lowest BCUT2D eigenvalue weighted by atomic mass is 10.2. The van der Waals surface area contributed by atoms with Crippen molar-refractivity contribution in [1.29, 1.82) is 5.26 Å². The molecule has 0 spiro atoms. The number of carboxylic acid groups (broad SMARTS) is 1. The van der Waals surface area contributed by atoms with Gasteiger partial charge < -0.3 is 20.1 Å². The van der Waals surface area contributed by atoms with Gasteiger partial charge in [0, 0.05) is 32.3 Å². The molecule has 0 radical (unpaired) electrons. The van der Waals surface area contributed by atoms with Gasteiger partial charge in [0.15, 0.2) is 0 Å². The molecule has 0 aromatic heterocycles. The summed E-state index contributed by atoms with van der Waals surface area (Å²) in [7, 11) is 0. The average Bonchev–Trinajstić information content (AvgIpc) is 2.46. The molecule has 0 aliphatic carbocycles. The molecular weight excluding hydrogens is 298 g/mol. The maximum atomic E-state index is 12.0. The number of morpholine rings is 1. The highest BCUT2D eigenvalue weighted by Gasteiger charge is 2.21. The number of amides is 1. The largest absolute Gasteiger partial charge is 0.481 e. The molecule has 1 aliphatic rings. The number of nitriles is 1. The summed E-state index contributed by atoms with van der Waals surface area (Å²) in [5, 5.41) is 20.4. The van der Waals surface area contributed by atoms with Crippen molar-refractivity contribution in [2.24, 2.45) is 0 Å². The minimum atomic E-state index is -0.808. The van der Waals surface area contributed by atoms with Crippen LogP contribution < -0.4 is 5.32 Å². The lowest BCUT2D eigenvalue weighted by Crippen LogP contribution is -2.43. The van der Waals surface area contributed by atoms with E-state index in [0.29, 0.717) is 32.5 Å². The van der Waals surface area contributed by atoms with Crippen molar-refractivity contribution in [2.45, 2.75) is 51.7 Å². The third-order valence-electron chi connectivity index (χ3n) is 3.48. The van der Waals surface area contributed by atoms with Gasteiger partial charge in [-0.05, 0) is 26.7 Å². The van der Waals surface area contributed by atoms with Crippen LogP contribution in [0.5, 0.6) is 0 Å². The first-order valence-corrected chi connectivity index (χ1v) is 7.93. The standard InChI is InChI=1S/C16H25N3O4/c1-12-9-19(10-13(2)23-12)11-14(8-17)16(22)18-7-5-3-4-6-15(20)21/h11-13H,3-7,9-10H2,1-2H3,(H,18,22)(H,20,21)/b14-11-. The number of ether oxygens (including phenoxy) is 1. The van der Waals surface area contributed by atoms with Crippen LogP contribution in [0.1, 0.15) is 39.5 Å². The minimum Gasteiger partial charge on any atom is -0.481 e. The Morgan fingerprint density at radius 3 is 2.52 bits per heavy atom. The predicted octanol–water partition coefficient (Wildman–Crippen LogP) is 1.26. The van der Waals surface area contributed by atoms with E-state index in [1.165, 1.54) is 0 Å². The van der Waals surface area contributed by atoms with Crippen molar-refractivity contribution in [3.05, 3.63) is 11.8 Å². The zero-order valence-electron chi connectivity index (χ0n) is 13.7. The molecule has 0 aromatic rings. The summed E-state index contributed by atoms with van der Waals surface area (Å²) in [6.45, 7) is 5.66. The van der Waals surface area contributed by atoms with Crippen LogP contribution in [0.15, 0.2) is 11.8 Å². The lowest BCUT2D eigenvalue weighted by Gasteiger charge is -2.34. The highest BCUT2D eigenvalue weighted by molar-refractivity contribution is 5.97. The fraction of sp³-hybridized carbons (Fsp3) is 0.688. The number of nitrogens with one attached hydrogen (secondary N) is 1. The summed E-state index contributed by atoms with van der Waals surface area (Å²) in [5.74, 6) is -1.20. The van der Waals surface area contributed by atoms with Crippen LogP contribution in [-0.2, 0) is 14.3 Å². The molecule has 23 heavy (non-hydrogen) atoms. The molecule has 0 saturated carbocycles. The summed E-state index contributed by atoms with van der Waals surface area (Å²) >= 11 is 0. The Kier molecular flexibility index (Phi) is 8.13. The first-order valence-electron chi connectivity index (χ1n) is 7.93. The van der Waals surface area contributed by atoms with Gasteiger partial charge in [-0.25, -0.2) is 0 Å². The fourth-order valence-electron chi connectivity index (χ4n) is 2.52. The monoisotopic (exact) mass is 323 g/mol. The van der Waals surface area contributed by atoms with Gasteiger partial charge in [-0.3, -0.25) is 9.59 Å². The molecule has 0 aromatic carbocycles. The number of carboxylic acids is 1. The molecule has 1 amide bonds. The number of aliphatic carboxylic acids is 1. The zero-order valence-corrected chi connectivity index (χ0v) is 13.7. The zero-order chi connectivity index (χ0) is 17.2. The molecule has 2 unspecified atom stereocenters. The van der Waals surface area contributed by atoms with Crippen LogP contribution in [-0.4, -0.2) is 53.7 Å². The van der Waals surface area contributed by atoms with Crippen LogP contribution in [0.4, 0.5) is 0 Å². The van der Waals surface area contributed by atoms with Crippen molar-refractivity contribution in [2.75, 3.05) is 19.6 Å². The normalized spacial score (nSPS) is 21.6. The summed E-state index contributed by atoms with van der Waals surface area (Å²) in [5.41, 5.74) is 0.0804. The van der Waals surface area contributed by atoms with Gasteiger partial charge in [0.1, 0.15) is 11.6 Å². The summed E-state index contributed by atoms with van der Waals surface area (Å²) in [6, 6.07) is 1.93. The quantitative estimate of drug-likeness (QED) is 0.396. The van der Waals surface area contributed by atoms with E-state index < -0.39 is 11.9 Å². The van der Waals surface area contributed by atoms with Gasteiger partial charge in [0.25, 0.3) is 5.91 Å². The number of hydrogen-bond acceptors (Lipinski definition) is 5. The predicted molar refractivity (Wildman–Crippen MR) is 84.4 cm³/mol. The number of unbranched alkanes of at least 4 members (excludes halogenated alkanes) is 2. The van der Waals surface area contributed by atoms with Crippen LogP contribution >= 0.6 is 0 Å². The first-order chi connectivity index (χ1) is 10.9. The second-order valence-corrected chi connectivity index (χ2v) is 5.83. The topological polar surface area (TPSA) is 103 Å². The highest BCUT2D eigenvalue weighted by Crippen LogP contribution is 2.12. The summed E-state index contributed by atoms with van der Waals surface area (Å²) in [6.07, 6.45) is 3.88. The Balaban J connectivity index is 2.38. The van der Waals surface area contributed by atoms with Crippen LogP contribution in [0, 0.1) is 11.3 Å². The Morgan fingerprint density at radius 1 is 1.30 bits per heavy atom. The van der Waals surface area contributed by atoms with Gasteiger partial charge in [0.2, 0.25) is 0 Å². The number of rotatable bonds is 8. The highest BCUT2D eigenvalue weighted by atomic mass is 16.5. The molecule has 7 nitrogen and oxygen atoms in total. The van der Waals surface area contributed by atoms with E-state index in [-0.39, 0.29) is 24.2 Å². The van der Waals surface area contributed by atoms with Crippen molar-refractivity contribution in [3.63, 3.8) is 0 Å². The maximum absolute atomic E-state index is 12.0. The van der Waals surface area contributed by atoms with Gasteiger partial charge in [-0.15, -0.1) is 0 Å². The van der Waals surface area contributed by atoms with Crippen molar-refractivity contribution >= 4 is 11.9 Å². The molecule has 2 N–H and O–H groups in total. The van der Waals surface area contributed by atoms with E-state index in [0.717, 1.165) is 6.42 Å². The second kappa shape index (κ2) is 9.85. The third-order valence-corrected chi connectivity index (χ3v) is 3.48. The van der Waals surface area contributed by atoms with Crippen LogP contribution in [0.2, 0.25) is 0 Å². The van der Waals surface area contributed by atoms with Crippen LogP contribution in [0.25, 0.3) is 0 Å². The number of carbonyl (C=O) groups is 2. The van der Waals surface area contributed by atoms with E-state index in [9.17, 15) is 9.59 Å². The van der Waals surface area contributed by atoms with E-state index >= 15 is 0 Å². The molecule has 1 saturated heterocycles. The molecule has 128 valence electrons. The smallest absolute Gasteiger partial charge is 0.303 e. The maximum Gasteiger partial charge on any atom is 0.303 e. The van der Waals surface area contributed by atoms with Crippen molar-refractivity contribution in [1.82, 2.24) is 10.2 Å². The fourth-order valence-corrected chi connectivity index (χ4v) is 2.52. The molecular formula is C16H25N3O4. The molecule has 1 rings (SSSR count). The SMILES string of the molecule is CC1CN(/C=C(/C#N)C(=O)NCCCCCC(=O)O)CC(C)O1. The number of hydrogen-bond donors (Lipinski definition) is 2.